The van der Waals surface area contributed by atoms with Gasteiger partial charge in [-0.3, -0.25) is 4.79 Å². The Morgan fingerprint density at radius 2 is 2.00 bits per heavy atom. The van der Waals surface area contributed by atoms with E-state index in [9.17, 15) is 4.79 Å². The van der Waals surface area contributed by atoms with Crippen LogP contribution in [0, 0.1) is 17.8 Å². The highest BCUT2D eigenvalue weighted by Gasteiger charge is 2.30. The number of benzene rings is 1. The van der Waals surface area contributed by atoms with Gasteiger partial charge in [0.15, 0.2) is 6.10 Å². The van der Waals surface area contributed by atoms with Crippen LogP contribution in [-0.4, -0.2) is 18.6 Å². The molecule has 1 aliphatic rings. The van der Waals surface area contributed by atoms with Crippen molar-refractivity contribution in [3.05, 3.63) is 28.8 Å². The van der Waals surface area contributed by atoms with Gasteiger partial charge in [0, 0.05) is 18.0 Å². The molecule has 1 aromatic carbocycles. The predicted molar refractivity (Wildman–Crippen MR) is 85.7 cm³/mol. The average Bonchev–Trinajstić information content (AvgIpc) is 2.80. The summed E-state index contributed by atoms with van der Waals surface area (Å²) in [6.45, 7) is 9.48. The molecule has 1 N–H and O–H groups in total. The summed E-state index contributed by atoms with van der Waals surface area (Å²) >= 11 is 5.97. The van der Waals surface area contributed by atoms with E-state index in [1.165, 1.54) is 0 Å². The third-order valence-corrected chi connectivity index (χ3v) is 4.45. The van der Waals surface area contributed by atoms with Crippen LogP contribution in [-0.2, 0) is 11.2 Å². The first-order valence-corrected chi connectivity index (χ1v) is 7.99. The minimum Gasteiger partial charge on any atom is -0.480 e. The summed E-state index contributed by atoms with van der Waals surface area (Å²) in [6, 6.07) is 5.49. The SMILES string of the molecule is CC(C)C(CNC(=O)C1Cc2cc(Cl)ccc2O1)C(C)C. The third kappa shape index (κ3) is 3.91. The van der Waals surface area contributed by atoms with E-state index in [0.717, 1.165) is 11.3 Å². The highest BCUT2D eigenvalue weighted by molar-refractivity contribution is 6.30. The number of fused-ring (bicyclic) bond motifs is 1. The minimum atomic E-state index is -0.432. The van der Waals surface area contributed by atoms with Gasteiger partial charge >= 0.3 is 0 Å². The molecule has 2 rings (SSSR count). The van der Waals surface area contributed by atoms with Gasteiger partial charge in [0.05, 0.1) is 0 Å². The number of halogens is 1. The highest BCUT2D eigenvalue weighted by Crippen LogP contribution is 2.31. The van der Waals surface area contributed by atoms with Crippen molar-refractivity contribution in [1.29, 1.82) is 0 Å². The normalized spacial score (nSPS) is 17.2. The molecule has 4 heteroatoms. The fraction of sp³-hybridized carbons (Fsp3) is 0.588. The van der Waals surface area contributed by atoms with Gasteiger partial charge < -0.3 is 10.1 Å². The van der Waals surface area contributed by atoms with E-state index in [1.807, 2.05) is 12.1 Å². The first-order valence-electron chi connectivity index (χ1n) is 7.61. The molecular weight excluding hydrogens is 286 g/mol. The second-order valence-corrected chi connectivity index (χ2v) is 6.90. The summed E-state index contributed by atoms with van der Waals surface area (Å²) < 4.78 is 5.71. The van der Waals surface area contributed by atoms with Crippen molar-refractivity contribution in [3.63, 3.8) is 0 Å². The third-order valence-electron chi connectivity index (χ3n) is 4.21. The van der Waals surface area contributed by atoms with Crippen LogP contribution in [0.1, 0.15) is 33.3 Å². The molecule has 1 aromatic rings. The number of amides is 1. The first-order chi connectivity index (χ1) is 9.88. The molecule has 0 spiro atoms. The van der Waals surface area contributed by atoms with Crippen molar-refractivity contribution in [1.82, 2.24) is 5.32 Å². The Hall–Kier alpha value is -1.22. The Labute approximate surface area is 132 Å². The zero-order valence-electron chi connectivity index (χ0n) is 13.2. The van der Waals surface area contributed by atoms with Gasteiger partial charge in [0.2, 0.25) is 0 Å². The van der Waals surface area contributed by atoms with Gasteiger partial charge in [0.1, 0.15) is 5.75 Å². The molecule has 0 aliphatic carbocycles. The quantitative estimate of drug-likeness (QED) is 0.901. The first kappa shape index (κ1) is 16.2. The fourth-order valence-corrected chi connectivity index (χ4v) is 3.13. The lowest BCUT2D eigenvalue weighted by atomic mass is 9.85. The summed E-state index contributed by atoms with van der Waals surface area (Å²) in [4.78, 5) is 12.3. The van der Waals surface area contributed by atoms with E-state index < -0.39 is 6.10 Å². The smallest absolute Gasteiger partial charge is 0.261 e. The average molecular weight is 310 g/mol. The monoisotopic (exact) mass is 309 g/mol. The fourth-order valence-electron chi connectivity index (χ4n) is 2.94. The van der Waals surface area contributed by atoms with E-state index in [0.29, 0.717) is 35.7 Å². The molecule has 1 amide bonds. The standard InChI is InChI=1S/C17H24ClNO2/c1-10(2)14(11(3)4)9-19-17(20)16-8-12-7-13(18)5-6-15(12)21-16/h5-7,10-11,14,16H,8-9H2,1-4H3,(H,19,20). The lowest BCUT2D eigenvalue weighted by molar-refractivity contribution is -0.127. The van der Waals surface area contributed by atoms with E-state index in [1.54, 1.807) is 6.07 Å². The number of hydrogen-bond acceptors (Lipinski definition) is 2. The Kier molecular flexibility index (Phi) is 5.15. The van der Waals surface area contributed by atoms with E-state index >= 15 is 0 Å². The Bertz CT molecular complexity index is 506. The van der Waals surface area contributed by atoms with Crippen LogP contribution in [0.15, 0.2) is 18.2 Å². The van der Waals surface area contributed by atoms with Gasteiger partial charge in [-0.15, -0.1) is 0 Å². The Balaban J connectivity index is 1.91. The van der Waals surface area contributed by atoms with Crippen LogP contribution in [0.3, 0.4) is 0 Å². The molecule has 0 bridgehead atoms. The molecule has 1 heterocycles. The molecule has 21 heavy (non-hydrogen) atoms. The molecule has 1 unspecified atom stereocenters. The van der Waals surface area contributed by atoms with E-state index in [2.05, 4.69) is 33.0 Å². The predicted octanol–water partition coefficient (Wildman–Crippen LogP) is 3.69. The van der Waals surface area contributed by atoms with Gasteiger partial charge in [-0.05, 0) is 41.5 Å². The molecule has 0 aromatic heterocycles. The van der Waals surface area contributed by atoms with Crippen LogP contribution < -0.4 is 10.1 Å². The van der Waals surface area contributed by atoms with Crippen molar-refractivity contribution in [2.75, 3.05) is 6.54 Å². The van der Waals surface area contributed by atoms with E-state index in [4.69, 9.17) is 16.3 Å². The highest BCUT2D eigenvalue weighted by atomic mass is 35.5. The number of nitrogens with one attached hydrogen (secondary N) is 1. The molecule has 1 atom stereocenters. The number of hydrogen-bond donors (Lipinski definition) is 1. The van der Waals surface area contributed by atoms with E-state index in [-0.39, 0.29) is 5.91 Å². The van der Waals surface area contributed by atoms with Crippen molar-refractivity contribution in [3.8, 4) is 5.75 Å². The van der Waals surface area contributed by atoms with Gasteiger partial charge in [-0.2, -0.15) is 0 Å². The molecular formula is C17H24ClNO2. The molecule has 0 saturated heterocycles. The molecule has 1 aliphatic heterocycles. The van der Waals surface area contributed by atoms with Crippen LogP contribution >= 0.6 is 11.6 Å². The molecule has 3 nitrogen and oxygen atoms in total. The zero-order valence-corrected chi connectivity index (χ0v) is 13.9. The Morgan fingerprint density at radius 3 is 2.62 bits per heavy atom. The van der Waals surface area contributed by atoms with Crippen molar-refractivity contribution in [2.24, 2.45) is 17.8 Å². The van der Waals surface area contributed by atoms with Crippen LogP contribution in [0.25, 0.3) is 0 Å². The number of rotatable bonds is 5. The molecule has 0 saturated carbocycles. The maximum atomic E-state index is 12.3. The topological polar surface area (TPSA) is 38.3 Å². The molecule has 0 fully saturated rings. The second-order valence-electron chi connectivity index (χ2n) is 6.46. The summed E-state index contributed by atoms with van der Waals surface area (Å²) in [5, 5.41) is 3.72. The molecule has 116 valence electrons. The van der Waals surface area contributed by atoms with Crippen LogP contribution in [0.5, 0.6) is 5.75 Å². The van der Waals surface area contributed by atoms with Crippen molar-refractivity contribution < 1.29 is 9.53 Å². The Morgan fingerprint density at radius 1 is 1.33 bits per heavy atom. The minimum absolute atomic E-state index is 0.0337. The summed E-state index contributed by atoms with van der Waals surface area (Å²) in [5.74, 6) is 2.31. The van der Waals surface area contributed by atoms with Crippen molar-refractivity contribution in [2.45, 2.75) is 40.2 Å². The zero-order chi connectivity index (χ0) is 15.6. The van der Waals surface area contributed by atoms with Crippen molar-refractivity contribution >= 4 is 17.5 Å². The summed E-state index contributed by atoms with van der Waals surface area (Å²) in [7, 11) is 0. The lowest BCUT2D eigenvalue weighted by Crippen LogP contribution is -2.41. The number of carbonyl (C=O) groups is 1. The van der Waals surface area contributed by atoms with Gasteiger partial charge in [-0.1, -0.05) is 39.3 Å². The molecule has 0 radical (unpaired) electrons. The maximum Gasteiger partial charge on any atom is 0.261 e. The lowest BCUT2D eigenvalue weighted by Gasteiger charge is -2.25. The van der Waals surface area contributed by atoms with Gasteiger partial charge in [-0.25, -0.2) is 0 Å². The summed E-state index contributed by atoms with van der Waals surface area (Å²) in [6.07, 6.45) is 0.161. The maximum absolute atomic E-state index is 12.3. The number of ether oxygens (including phenoxy) is 1. The largest absolute Gasteiger partial charge is 0.480 e. The summed E-state index contributed by atoms with van der Waals surface area (Å²) in [5.41, 5.74) is 1.01. The van der Waals surface area contributed by atoms with Crippen LogP contribution in [0.4, 0.5) is 0 Å². The second kappa shape index (κ2) is 6.69. The van der Waals surface area contributed by atoms with Gasteiger partial charge in [0.25, 0.3) is 5.91 Å². The van der Waals surface area contributed by atoms with Crippen LogP contribution in [0.2, 0.25) is 5.02 Å². The number of carbonyl (C=O) groups excluding carboxylic acids is 1.